The van der Waals surface area contributed by atoms with Gasteiger partial charge < -0.3 is 4.74 Å². The third-order valence-electron chi connectivity index (χ3n) is 2.72. The Labute approximate surface area is 114 Å². The second-order valence-corrected chi connectivity index (χ2v) is 4.41. The normalized spacial score (nSPS) is 10.3. The minimum absolute atomic E-state index is 0.0751. The lowest BCUT2D eigenvalue weighted by molar-refractivity contribution is -0.385. The molecule has 1 heterocycles. The summed E-state index contributed by atoms with van der Waals surface area (Å²) in [6, 6.07) is 5.88. The van der Waals surface area contributed by atoms with Crippen LogP contribution in [0.3, 0.4) is 0 Å². The average Bonchev–Trinajstić information content (AvgIpc) is 2.67. The maximum atomic E-state index is 12.1. The van der Waals surface area contributed by atoms with Gasteiger partial charge in [0.05, 0.1) is 10.6 Å². The fraction of sp³-hybridized carbons (Fsp3) is 0.231. The van der Waals surface area contributed by atoms with E-state index in [1.54, 1.807) is 33.0 Å². The number of hydrogen-bond acceptors (Lipinski definition) is 5. The highest BCUT2D eigenvalue weighted by Crippen LogP contribution is 2.22. The molecule has 1 aromatic carbocycles. The summed E-state index contributed by atoms with van der Waals surface area (Å²) in [5.41, 5.74) is 1.08. The molecule has 0 aliphatic carbocycles. The van der Waals surface area contributed by atoms with Gasteiger partial charge in [0.2, 0.25) is 5.88 Å². The van der Waals surface area contributed by atoms with Crippen LogP contribution in [-0.4, -0.2) is 20.7 Å². The molecule has 20 heavy (non-hydrogen) atoms. The Bertz CT molecular complexity index is 691. The largest absolute Gasteiger partial charge is 0.404 e. The van der Waals surface area contributed by atoms with Crippen LogP contribution in [0, 0.1) is 24.0 Å². The van der Waals surface area contributed by atoms with Crippen LogP contribution in [0.4, 0.5) is 5.69 Å². The molecule has 2 aromatic rings. The molecule has 0 N–H and O–H groups in total. The van der Waals surface area contributed by atoms with Crippen LogP contribution in [0.1, 0.15) is 21.6 Å². The van der Waals surface area contributed by atoms with E-state index in [-0.39, 0.29) is 17.1 Å². The third kappa shape index (κ3) is 2.66. The van der Waals surface area contributed by atoms with Crippen molar-refractivity contribution < 1.29 is 14.5 Å². The van der Waals surface area contributed by atoms with Crippen LogP contribution in [-0.2, 0) is 7.05 Å². The van der Waals surface area contributed by atoms with Gasteiger partial charge in [0.1, 0.15) is 5.56 Å². The first-order valence-electron chi connectivity index (χ1n) is 5.86. The number of nitro benzene ring substituents is 1. The van der Waals surface area contributed by atoms with Crippen molar-refractivity contribution in [1.29, 1.82) is 0 Å². The topological polar surface area (TPSA) is 87.3 Å². The molecule has 104 valence electrons. The van der Waals surface area contributed by atoms with E-state index in [1.807, 2.05) is 0 Å². The van der Waals surface area contributed by atoms with E-state index in [1.165, 1.54) is 16.8 Å². The van der Waals surface area contributed by atoms with Crippen molar-refractivity contribution in [2.45, 2.75) is 13.8 Å². The van der Waals surface area contributed by atoms with Gasteiger partial charge in [-0.3, -0.25) is 10.1 Å². The predicted molar refractivity (Wildman–Crippen MR) is 70.7 cm³/mol. The molecule has 0 atom stereocenters. The predicted octanol–water partition coefficient (Wildman–Crippen LogP) is 2.16. The molecule has 7 heteroatoms. The first-order valence-corrected chi connectivity index (χ1v) is 5.86. The summed E-state index contributed by atoms with van der Waals surface area (Å²) < 4.78 is 6.55. The molecule has 1 aromatic heterocycles. The van der Waals surface area contributed by atoms with Gasteiger partial charge in [-0.15, -0.1) is 0 Å². The Morgan fingerprint density at radius 1 is 1.35 bits per heavy atom. The number of nitrogens with zero attached hydrogens (tertiary/aromatic N) is 3. The summed E-state index contributed by atoms with van der Waals surface area (Å²) in [5, 5.41) is 15.0. The van der Waals surface area contributed by atoms with Gasteiger partial charge in [0.25, 0.3) is 5.69 Å². The smallest absolute Gasteiger partial charge is 0.351 e. The second-order valence-electron chi connectivity index (χ2n) is 4.41. The Morgan fingerprint density at radius 3 is 2.60 bits per heavy atom. The van der Waals surface area contributed by atoms with Gasteiger partial charge >= 0.3 is 5.97 Å². The summed E-state index contributed by atoms with van der Waals surface area (Å²) >= 11 is 0. The Balaban J connectivity index is 2.36. The maximum Gasteiger partial charge on any atom is 0.351 e. The van der Waals surface area contributed by atoms with Gasteiger partial charge in [0.15, 0.2) is 0 Å². The van der Waals surface area contributed by atoms with Crippen LogP contribution in [0.5, 0.6) is 5.88 Å². The molecule has 0 bridgehead atoms. The van der Waals surface area contributed by atoms with E-state index in [9.17, 15) is 14.9 Å². The zero-order chi connectivity index (χ0) is 14.9. The minimum Gasteiger partial charge on any atom is -0.404 e. The number of ether oxygens (including phenoxy) is 1. The summed E-state index contributed by atoms with van der Waals surface area (Å²) in [6.07, 6.45) is 0. The summed E-state index contributed by atoms with van der Waals surface area (Å²) in [6.45, 7) is 3.50. The molecule has 0 aliphatic rings. The number of aryl methyl sites for hydroxylation is 3. The molecule has 7 nitrogen and oxygen atoms in total. The Morgan fingerprint density at radius 2 is 2.05 bits per heavy atom. The van der Waals surface area contributed by atoms with Crippen LogP contribution >= 0.6 is 0 Å². The SMILES string of the molecule is Cc1ccc([N+](=O)[O-])c(C(=O)Oc2cc(C)nn2C)c1. The van der Waals surface area contributed by atoms with Gasteiger partial charge in [-0.2, -0.15) is 5.10 Å². The highest BCUT2D eigenvalue weighted by molar-refractivity contribution is 5.95. The van der Waals surface area contributed by atoms with Crippen molar-refractivity contribution in [2.75, 3.05) is 0 Å². The van der Waals surface area contributed by atoms with Gasteiger partial charge in [0, 0.05) is 19.2 Å². The van der Waals surface area contributed by atoms with E-state index in [4.69, 9.17) is 4.74 Å². The van der Waals surface area contributed by atoms with Crippen LogP contribution in [0.2, 0.25) is 0 Å². The lowest BCUT2D eigenvalue weighted by Gasteiger charge is -2.05. The van der Waals surface area contributed by atoms with Crippen molar-refractivity contribution in [1.82, 2.24) is 9.78 Å². The average molecular weight is 275 g/mol. The maximum absolute atomic E-state index is 12.1. The first kappa shape index (κ1) is 13.7. The van der Waals surface area contributed by atoms with Crippen molar-refractivity contribution in [3.05, 3.63) is 51.2 Å². The Hall–Kier alpha value is -2.70. The lowest BCUT2D eigenvalue weighted by atomic mass is 10.1. The van der Waals surface area contributed by atoms with Gasteiger partial charge in [-0.05, 0) is 25.5 Å². The van der Waals surface area contributed by atoms with Crippen LogP contribution in [0.25, 0.3) is 0 Å². The number of carbonyl (C=O) groups is 1. The Kier molecular flexibility index (Phi) is 3.51. The molecule has 0 saturated carbocycles. The third-order valence-corrected chi connectivity index (χ3v) is 2.72. The minimum atomic E-state index is -0.775. The van der Waals surface area contributed by atoms with E-state index < -0.39 is 10.9 Å². The molecular formula is C13H13N3O4. The second kappa shape index (κ2) is 5.12. The number of rotatable bonds is 3. The molecule has 0 fully saturated rings. The molecule has 2 rings (SSSR count). The van der Waals surface area contributed by atoms with Crippen LogP contribution < -0.4 is 4.74 Å². The summed E-state index contributed by atoms with van der Waals surface area (Å²) in [7, 11) is 1.63. The van der Waals surface area contributed by atoms with Crippen molar-refractivity contribution in [3.63, 3.8) is 0 Å². The molecule has 0 spiro atoms. The fourth-order valence-electron chi connectivity index (χ4n) is 1.80. The van der Waals surface area contributed by atoms with Gasteiger partial charge in [-0.1, -0.05) is 6.07 Å². The van der Waals surface area contributed by atoms with Crippen LogP contribution in [0.15, 0.2) is 24.3 Å². The van der Waals surface area contributed by atoms with Crippen molar-refractivity contribution >= 4 is 11.7 Å². The fourth-order valence-corrected chi connectivity index (χ4v) is 1.80. The lowest BCUT2D eigenvalue weighted by Crippen LogP contribution is -2.13. The van der Waals surface area contributed by atoms with E-state index in [0.29, 0.717) is 5.69 Å². The highest BCUT2D eigenvalue weighted by Gasteiger charge is 2.22. The number of aromatic nitrogens is 2. The zero-order valence-corrected chi connectivity index (χ0v) is 11.3. The number of hydrogen-bond donors (Lipinski definition) is 0. The standard InChI is InChI=1S/C13H13N3O4/c1-8-4-5-11(16(18)19)10(6-8)13(17)20-12-7-9(2)14-15(12)3/h4-7H,1-3H3. The summed E-state index contributed by atoms with van der Waals surface area (Å²) in [4.78, 5) is 22.4. The number of nitro groups is 1. The van der Waals surface area contributed by atoms with E-state index in [0.717, 1.165) is 5.56 Å². The number of benzene rings is 1. The number of esters is 1. The monoisotopic (exact) mass is 275 g/mol. The molecular weight excluding hydrogens is 262 g/mol. The van der Waals surface area contributed by atoms with E-state index >= 15 is 0 Å². The highest BCUT2D eigenvalue weighted by atomic mass is 16.6. The molecule has 0 radical (unpaired) electrons. The van der Waals surface area contributed by atoms with Gasteiger partial charge in [-0.25, -0.2) is 9.48 Å². The quantitative estimate of drug-likeness (QED) is 0.486. The molecule has 0 saturated heterocycles. The molecule has 0 amide bonds. The van der Waals surface area contributed by atoms with Crippen molar-refractivity contribution in [2.24, 2.45) is 7.05 Å². The number of carbonyl (C=O) groups excluding carboxylic acids is 1. The zero-order valence-electron chi connectivity index (χ0n) is 11.3. The first-order chi connectivity index (χ1) is 9.38. The van der Waals surface area contributed by atoms with Crippen molar-refractivity contribution in [3.8, 4) is 5.88 Å². The molecule has 0 aliphatic heterocycles. The summed E-state index contributed by atoms with van der Waals surface area (Å²) in [5.74, 6) is -0.535. The van der Waals surface area contributed by atoms with E-state index in [2.05, 4.69) is 5.10 Å². The molecule has 0 unspecified atom stereocenters.